The van der Waals surface area contributed by atoms with Crippen LogP contribution in [0, 0.1) is 6.92 Å². The monoisotopic (exact) mass is 441 g/mol. The zero-order valence-corrected chi connectivity index (χ0v) is 19.4. The molecule has 0 radical (unpaired) electrons. The largest absolute Gasteiger partial charge is 0.384 e. The van der Waals surface area contributed by atoms with Crippen LogP contribution in [-0.4, -0.2) is 47.5 Å². The lowest BCUT2D eigenvalue weighted by molar-refractivity contribution is 0.0706. The van der Waals surface area contributed by atoms with Crippen molar-refractivity contribution in [1.29, 1.82) is 0 Å². The van der Waals surface area contributed by atoms with Gasteiger partial charge in [-0.05, 0) is 86.2 Å². The van der Waals surface area contributed by atoms with Crippen LogP contribution in [0.2, 0.25) is 0 Å². The average molecular weight is 442 g/mol. The molecule has 0 aliphatic carbocycles. The molecule has 0 saturated carbocycles. The van der Waals surface area contributed by atoms with Crippen molar-refractivity contribution in [1.82, 2.24) is 14.9 Å². The molecule has 170 valence electrons. The third-order valence-electron chi connectivity index (χ3n) is 6.90. The standard InChI is InChI=1S/C27H31N5O/c1-18-13-23(21-8-10-26(28)29-16-21)15-24(30-18)22-6-4-12-32(17-22)27(33)20-7-9-25-19(14-20)5-3-11-31(25)2/h7-10,13-16,22H,3-6,11-12,17H2,1-2H3,(H2,28,29)/t22-/m1/s1. The number of benzene rings is 1. The number of aryl methyl sites for hydroxylation is 2. The molecule has 4 heterocycles. The summed E-state index contributed by atoms with van der Waals surface area (Å²) in [6.45, 7) is 4.60. The number of amides is 1. The van der Waals surface area contributed by atoms with E-state index in [1.54, 1.807) is 6.20 Å². The number of anilines is 2. The molecule has 6 nitrogen and oxygen atoms in total. The van der Waals surface area contributed by atoms with E-state index in [1.165, 1.54) is 11.3 Å². The molecular weight excluding hydrogens is 410 g/mol. The van der Waals surface area contributed by atoms with E-state index < -0.39 is 0 Å². The number of carbonyl (C=O) groups is 1. The fraction of sp³-hybridized carbons (Fsp3) is 0.370. The second-order valence-corrected chi connectivity index (χ2v) is 9.35. The Balaban J connectivity index is 1.37. The van der Waals surface area contributed by atoms with Crippen LogP contribution in [0.1, 0.15) is 52.5 Å². The van der Waals surface area contributed by atoms with Crippen molar-refractivity contribution < 1.29 is 4.79 Å². The van der Waals surface area contributed by atoms with Gasteiger partial charge < -0.3 is 15.5 Å². The highest BCUT2D eigenvalue weighted by Gasteiger charge is 2.27. The van der Waals surface area contributed by atoms with Crippen molar-refractivity contribution in [2.75, 3.05) is 37.3 Å². The Morgan fingerprint density at radius 1 is 1.06 bits per heavy atom. The molecule has 2 aliphatic heterocycles. The summed E-state index contributed by atoms with van der Waals surface area (Å²) in [6, 6.07) is 14.2. The van der Waals surface area contributed by atoms with E-state index in [9.17, 15) is 4.79 Å². The fourth-order valence-corrected chi connectivity index (χ4v) is 5.15. The van der Waals surface area contributed by atoms with E-state index in [0.717, 1.165) is 66.9 Å². The maximum absolute atomic E-state index is 13.4. The van der Waals surface area contributed by atoms with Crippen LogP contribution in [0.3, 0.4) is 0 Å². The van der Waals surface area contributed by atoms with Gasteiger partial charge in [-0.25, -0.2) is 4.98 Å². The Morgan fingerprint density at radius 3 is 2.76 bits per heavy atom. The molecule has 2 N–H and O–H groups in total. The van der Waals surface area contributed by atoms with Gasteiger partial charge in [-0.15, -0.1) is 0 Å². The Morgan fingerprint density at radius 2 is 1.94 bits per heavy atom. The van der Waals surface area contributed by atoms with Crippen LogP contribution in [0.15, 0.2) is 48.7 Å². The number of aromatic nitrogens is 2. The molecule has 1 atom stereocenters. The number of nitrogens with two attached hydrogens (primary N) is 1. The predicted molar refractivity (Wildman–Crippen MR) is 133 cm³/mol. The topological polar surface area (TPSA) is 75.3 Å². The third-order valence-corrected chi connectivity index (χ3v) is 6.90. The number of hydrogen-bond acceptors (Lipinski definition) is 5. The minimum Gasteiger partial charge on any atom is -0.384 e. The van der Waals surface area contributed by atoms with E-state index in [2.05, 4.69) is 41.2 Å². The summed E-state index contributed by atoms with van der Waals surface area (Å²) in [5.74, 6) is 0.873. The Bertz CT molecular complexity index is 1170. The first-order chi connectivity index (χ1) is 16.0. The van der Waals surface area contributed by atoms with Crippen molar-refractivity contribution in [3.8, 4) is 11.1 Å². The molecule has 1 saturated heterocycles. The lowest BCUT2D eigenvalue weighted by atomic mass is 9.91. The predicted octanol–water partition coefficient (Wildman–Crippen LogP) is 4.44. The van der Waals surface area contributed by atoms with Gasteiger partial charge in [0, 0.05) is 67.0 Å². The van der Waals surface area contributed by atoms with E-state index in [1.807, 2.05) is 30.0 Å². The van der Waals surface area contributed by atoms with Crippen molar-refractivity contribution in [2.24, 2.45) is 0 Å². The van der Waals surface area contributed by atoms with Crippen LogP contribution in [0.25, 0.3) is 11.1 Å². The van der Waals surface area contributed by atoms with E-state index in [-0.39, 0.29) is 11.8 Å². The quantitative estimate of drug-likeness (QED) is 0.650. The SMILES string of the molecule is Cc1cc(-c2ccc(N)nc2)cc([C@@H]2CCCN(C(=O)c3ccc4c(c3)CCCN4C)C2)n1. The minimum atomic E-state index is 0.131. The summed E-state index contributed by atoms with van der Waals surface area (Å²) in [6.07, 6.45) is 6.00. The zero-order chi connectivity index (χ0) is 22.9. The minimum absolute atomic E-state index is 0.131. The van der Waals surface area contributed by atoms with Crippen molar-refractivity contribution in [2.45, 2.75) is 38.5 Å². The van der Waals surface area contributed by atoms with Gasteiger partial charge in [0.2, 0.25) is 0 Å². The smallest absolute Gasteiger partial charge is 0.253 e. The second-order valence-electron chi connectivity index (χ2n) is 9.35. The molecule has 1 aromatic carbocycles. The van der Waals surface area contributed by atoms with Crippen LogP contribution in [0.5, 0.6) is 0 Å². The van der Waals surface area contributed by atoms with Crippen molar-refractivity contribution in [3.05, 3.63) is 71.2 Å². The molecular formula is C27H31N5O. The highest BCUT2D eigenvalue weighted by atomic mass is 16.2. The van der Waals surface area contributed by atoms with Crippen LogP contribution in [-0.2, 0) is 6.42 Å². The molecule has 33 heavy (non-hydrogen) atoms. The molecule has 3 aromatic rings. The summed E-state index contributed by atoms with van der Waals surface area (Å²) < 4.78 is 0. The normalized spacial score (nSPS) is 18.2. The zero-order valence-electron chi connectivity index (χ0n) is 19.4. The number of hydrogen-bond donors (Lipinski definition) is 1. The molecule has 0 unspecified atom stereocenters. The average Bonchev–Trinajstić information content (AvgIpc) is 2.83. The third kappa shape index (κ3) is 4.42. The van der Waals surface area contributed by atoms with E-state index in [0.29, 0.717) is 12.4 Å². The molecule has 2 aromatic heterocycles. The molecule has 0 spiro atoms. The maximum atomic E-state index is 13.4. The number of piperidine rings is 1. The Kier molecular flexibility index (Phi) is 5.75. The summed E-state index contributed by atoms with van der Waals surface area (Å²) in [5, 5.41) is 0. The summed E-state index contributed by atoms with van der Waals surface area (Å²) >= 11 is 0. The molecule has 1 fully saturated rings. The maximum Gasteiger partial charge on any atom is 0.253 e. The van der Waals surface area contributed by atoms with E-state index in [4.69, 9.17) is 10.7 Å². The van der Waals surface area contributed by atoms with Crippen LogP contribution in [0.4, 0.5) is 11.5 Å². The summed E-state index contributed by atoms with van der Waals surface area (Å²) in [5.41, 5.74) is 13.2. The van der Waals surface area contributed by atoms with Crippen molar-refractivity contribution >= 4 is 17.4 Å². The van der Waals surface area contributed by atoms with Gasteiger partial charge in [0.05, 0.1) is 0 Å². The number of nitrogen functional groups attached to an aromatic ring is 1. The molecule has 1 amide bonds. The number of rotatable bonds is 3. The summed E-state index contributed by atoms with van der Waals surface area (Å²) in [4.78, 5) is 26.8. The highest BCUT2D eigenvalue weighted by molar-refractivity contribution is 5.95. The molecule has 5 rings (SSSR count). The van der Waals surface area contributed by atoms with Crippen LogP contribution < -0.4 is 10.6 Å². The Labute approximate surface area is 195 Å². The van der Waals surface area contributed by atoms with Gasteiger partial charge in [0.15, 0.2) is 0 Å². The number of pyridine rings is 2. The fourth-order valence-electron chi connectivity index (χ4n) is 5.15. The van der Waals surface area contributed by atoms with Gasteiger partial charge >= 0.3 is 0 Å². The van der Waals surface area contributed by atoms with Gasteiger partial charge in [0.25, 0.3) is 5.91 Å². The van der Waals surface area contributed by atoms with E-state index >= 15 is 0 Å². The number of likely N-dealkylation sites (tertiary alicyclic amines) is 1. The molecule has 0 bridgehead atoms. The molecule has 6 heteroatoms. The number of carbonyl (C=O) groups excluding carboxylic acids is 1. The lowest BCUT2D eigenvalue weighted by Crippen LogP contribution is -2.39. The van der Waals surface area contributed by atoms with Gasteiger partial charge in [-0.1, -0.05) is 0 Å². The first kappa shape index (κ1) is 21.4. The van der Waals surface area contributed by atoms with Gasteiger partial charge in [0.1, 0.15) is 5.82 Å². The lowest BCUT2D eigenvalue weighted by Gasteiger charge is -2.33. The number of fused-ring (bicyclic) bond motifs is 1. The Hall–Kier alpha value is -3.41. The summed E-state index contributed by atoms with van der Waals surface area (Å²) in [7, 11) is 2.12. The van der Waals surface area contributed by atoms with Gasteiger partial charge in [-0.2, -0.15) is 0 Å². The van der Waals surface area contributed by atoms with Gasteiger partial charge in [-0.3, -0.25) is 9.78 Å². The van der Waals surface area contributed by atoms with Crippen molar-refractivity contribution in [3.63, 3.8) is 0 Å². The highest BCUT2D eigenvalue weighted by Crippen LogP contribution is 2.31. The number of nitrogens with zero attached hydrogens (tertiary/aromatic N) is 4. The first-order valence-corrected chi connectivity index (χ1v) is 11.8. The molecule has 2 aliphatic rings. The first-order valence-electron chi connectivity index (χ1n) is 11.8. The van der Waals surface area contributed by atoms with Crippen LogP contribution >= 0.6 is 0 Å². The second kappa shape index (κ2) is 8.85.